The number of carbonyl (C=O) groups is 1. The molecule has 0 radical (unpaired) electrons. The first-order chi connectivity index (χ1) is 9.10. The lowest BCUT2D eigenvalue weighted by atomic mass is 10.2. The van der Waals surface area contributed by atoms with Gasteiger partial charge in [-0.15, -0.1) is 0 Å². The van der Waals surface area contributed by atoms with Gasteiger partial charge in [-0.3, -0.25) is 4.79 Å². The fourth-order valence-electron chi connectivity index (χ4n) is 1.57. The lowest BCUT2D eigenvalue weighted by Gasteiger charge is -2.11. The number of carbonyl (C=O) groups excluding carboxylic acids is 1. The monoisotopic (exact) mass is 296 g/mol. The molecule has 0 bridgehead atoms. The average molecular weight is 297 g/mol. The van der Waals surface area contributed by atoms with Crippen LogP contribution in [0.2, 0.25) is 10.0 Å². The highest BCUT2D eigenvalue weighted by Gasteiger charge is 2.10. The summed E-state index contributed by atoms with van der Waals surface area (Å²) in [7, 11) is 0. The van der Waals surface area contributed by atoms with Crippen molar-refractivity contribution in [1.82, 2.24) is 0 Å². The topological polar surface area (TPSA) is 46.5 Å². The number of phenolic OH excluding ortho intramolecular Hbond substituents is 1. The normalized spacial score (nSPS) is 10.2. The molecule has 0 atom stereocenters. The van der Waals surface area contributed by atoms with Gasteiger partial charge in [-0.05, 0) is 29.8 Å². The van der Waals surface area contributed by atoms with Crippen molar-refractivity contribution in [2.45, 2.75) is 6.61 Å². The molecular formula is C14H10Cl2O3. The van der Waals surface area contributed by atoms with Crippen LogP contribution in [0.25, 0.3) is 0 Å². The summed E-state index contributed by atoms with van der Waals surface area (Å²) in [4.78, 5) is 11.0. The summed E-state index contributed by atoms with van der Waals surface area (Å²) in [5.41, 5.74) is 1.15. The Balaban J connectivity index is 2.19. The summed E-state index contributed by atoms with van der Waals surface area (Å²) in [6, 6.07) is 9.57. The number of aldehydes is 1. The van der Waals surface area contributed by atoms with Crippen molar-refractivity contribution < 1.29 is 14.6 Å². The molecule has 5 heteroatoms. The molecule has 0 amide bonds. The Hall–Kier alpha value is -1.71. The van der Waals surface area contributed by atoms with Crippen LogP contribution in [0.3, 0.4) is 0 Å². The maximum absolute atomic E-state index is 11.0. The molecule has 3 nitrogen and oxygen atoms in total. The average Bonchev–Trinajstić information content (AvgIpc) is 2.39. The lowest BCUT2D eigenvalue weighted by molar-refractivity contribution is 0.111. The number of rotatable bonds is 4. The number of aromatic hydroxyl groups is 1. The molecule has 2 aromatic carbocycles. The van der Waals surface area contributed by atoms with Crippen LogP contribution in [0.4, 0.5) is 0 Å². The smallest absolute Gasteiger partial charge is 0.153 e. The van der Waals surface area contributed by atoms with E-state index in [1.54, 1.807) is 24.3 Å². The van der Waals surface area contributed by atoms with Crippen LogP contribution in [0, 0.1) is 0 Å². The fraction of sp³-hybridized carbons (Fsp3) is 0.0714. The minimum absolute atomic E-state index is 0.182. The molecule has 0 unspecified atom stereocenters. The van der Waals surface area contributed by atoms with Crippen LogP contribution in [0.1, 0.15) is 15.9 Å². The number of hydrogen-bond donors (Lipinski definition) is 1. The maximum Gasteiger partial charge on any atom is 0.153 e. The number of hydrogen-bond acceptors (Lipinski definition) is 3. The Kier molecular flexibility index (Phi) is 4.30. The highest BCUT2D eigenvalue weighted by Crippen LogP contribution is 2.32. The van der Waals surface area contributed by atoms with E-state index >= 15 is 0 Å². The van der Waals surface area contributed by atoms with Crippen molar-refractivity contribution in [3.63, 3.8) is 0 Å². The van der Waals surface area contributed by atoms with E-state index in [2.05, 4.69) is 0 Å². The Morgan fingerprint density at radius 1 is 1.16 bits per heavy atom. The molecule has 0 aliphatic carbocycles. The molecule has 0 heterocycles. The first kappa shape index (κ1) is 13.7. The second-order valence-corrected chi connectivity index (χ2v) is 4.72. The van der Waals surface area contributed by atoms with E-state index in [0.29, 0.717) is 22.6 Å². The summed E-state index contributed by atoms with van der Waals surface area (Å²) in [5, 5.41) is 9.84. The molecular weight excluding hydrogens is 287 g/mol. The number of benzene rings is 2. The van der Waals surface area contributed by atoms with Gasteiger partial charge in [0, 0.05) is 5.02 Å². The molecule has 0 fully saturated rings. The largest absolute Gasteiger partial charge is 0.508 e. The zero-order valence-corrected chi connectivity index (χ0v) is 11.3. The Morgan fingerprint density at radius 2 is 1.84 bits per heavy atom. The van der Waals surface area contributed by atoms with Crippen LogP contribution in [0.15, 0.2) is 36.4 Å². The van der Waals surface area contributed by atoms with E-state index in [0.717, 1.165) is 5.56 Å². The van der Waals surface area contributed by atoms with Crippen LogP contribution in [0.5, 0.6) is 11.5 Å². The summed E-state index contributed by atoms with van der Waals surface area (Å²) in [6.07, 6.45) is 0.643. The predicted molar refractivity (Wildman–Crippen MR) is 74.3 cm³/mol. The first-order valence-corrected chi connectivity index (χ1v) is 6.20. The van der Waals surface area contributed by atoms with Gasteiger partial charge >= 0.3 is 0 Å². The third-order valence-corrected chi connectivity index (χ3v) is 2.98. The molecule has 98 valence electrons. The molecule has 0 aromatic heterocycles. The van der Waals surface area contributed by atoms with Gasteiger partial charge in [-0.1, -0.05) is 35.3 Å². The van der Waals surface area contributed by atoms with Crippen LogP contribution >= 0.6 is 23.2 Å². The zero-order chi connectivity index (χ0) is 13.8. The van der Waals surface area contributed by atoms with Gasteiger partial charge in [0.2, 0.25) is 0 Å². The molecule has 0 saturated carbocycles. The van der Waals surface area contributed by atoms with E-state index in [4.69, 9.17) is 27.9 Å². The lowest BCUT2D eigenvalue weighted by Crippen LogP contribution is -1.99. The molecule has 0 spiro atoms. The summed E-state index contributed by atoms with van der Waals surface area (Å²) in [6.45, 7) is 0.239. The molecule has 0 aliphatic rings. The van der Waals surface area contributed by atoms with Gasteiger partial charge in [0.05, 0.1) is 10.6 Å². The van der Waals surface area contributed by atoms with Gasteiger partial charge in [-0.2, -0.15) is 0 Å². The first-order valence-electron chi connectivity index (χ1n) is 5.45. The van der Waals surface area contributed by atoms with Gasteiger partial charge in [0.25, 0.3) is 0 Å². The van der Waals surface area contributed by atoms with Crippen molar-refractivity contribution in [3.8, 4) is 11.5 Å². The standard InChI is InChI=1S/C14H10Cl2O3/c15-11-5-10(7-17)14(13(16)6-11)19-8-9-1-3-12(18)4-2-9/h1-7,18H,8H2. The number of phenols is 1. The zero-order valence-electron chi connectivity index (χ0n) is 9.77. The SMILES string of the molecule is O=Cc1cc(Cl)cc(Cl)c1OCc1ccc(O)cc1. The van der Waals surface area contributed by atoms with E-state index in [9.17, 15) is 9.90 Å². The summed E-state index contributed by atoms with van der Waals surface area (Å²) >= 11 is 11.8. The van der Waals surface area contributed by atoms with Crippen LogP contribution < -0.4 is 4.74 Å². The van der Waals surface area contributed by atoms with E-state index in [1.807, 2.05) is 0 Å². The van der Waals surface area contributed by atoms with Gasteiger partial charge in [-0.25, -0.2) is 0 Å². The quantitative estimate of drug-likeness (QED) is 0.865. The maximum atomic E-state index is 11.0. The number of halogens is 2. The van der Waals surface area contributed by atoms with Crippen molar-refractivity contribution in [3.05, 3.63) is 57.6 Å². The van der Waals surface area contributed by atoms with Crippen molar-refractivity contribution in [1.29, 1.82) is 0 Å². The van der Waals surface area contributed by atoms with Gasteiger partial charge in [0.15, 0.2) is 6.29 Å². The van der Waals surface area contributed by atoms with E-state index in [-0.39, 0.29) is 17.4 Å². The molecule has 2 aromatic rings. The third kappa shape index (κ3) is 3.40. The third-order valence-electron chi connectivity index (χ3n) is 2.48. The summed E-state index contributed by atoms with van der Waals surface area (Å²) < 4.78 is 5.54. The molecule has 2 rings (SSSR count). The van der Waals surface area contributed by atoms with Crippen molar-refractivity contribution in [2.24, 2.45) is 0 Å². The fourth-order valence-corrected chi connectivity index (χ4v) is 2.13. The minimum atomic E-state index is 0.182. The second kappa shape index (κ2) is 5.95. The van der Waals surface area contributed by atoms with Crippen molar-refractivity contribution >= 4 is 29.5 Å². The Bertz CT molecular complexity index is 594. The van der Waals surface area contributed by atoms with Gasteiger partial charge < -0.3 is 9.84 Å². The highest BCUT2D eigenvalue weighted by molar-refractivity contribution is 6.36. The predicted octanol–water partition coefficient (Wildman–Crippen LogP) is 4.09. The Morgan fingerprint density at radius 3 is 2.47 bits per heavy atom. The molecule has 19 heavy (non-hydrogen) atoms. The van der Waals surface area contributed by atoms with E-state index < -0.39 is 0 Å². The number of ether oxygens (including phenoxy) is 1. The van der Waals surface area contributed by atoms with Gasteiger partial charge in [0.1, 0.15) is 18.1 Å². The second-order valence-electron chi connectivity index (χ2n) is 3.88. The van der Waals surface area contributed by atoms with E-state index in [1.165, 1.54) is 12.1 Å². The highest BCUT2D eigenvalue weighted by atomic mass is 35.5. The molecule has 1 N–H and O–H groups in total. The molecule has 0 aliphatic heterocycles. The summed E-state index contributed by atoms with van der Waals surface area (Å²) in [5.74, 6) is 0.482. The van der Waals surface area contributed by atoms with Crippen molar-refractivity contribution in [2.75, 3.05) is 0 Å². The molecule has 0 saturated heterocycles. The van der Waals surface area contributed by atoms with Crippen LogP contribution in [-0.2, 0) is 6.61 Å². The van der Waals surface area contributed by atoms with Crippen LogP contribution in [-0.4, -0.2) is 11.4 Å². The Labute approximate surface area is 120 Å². The minimum Gasteiger partial charge on any atom is -0.508 e.